The molecule has 0 aromatic rings. The minimum atomic E-state index is -0.924. The summed E-state index contributed by atoms with van der Waals surface area (Å²) in [6, 6.07) is 0. The van der Waals surface area contributed by atoms with Crippen LogP contribution in [0.3, 0.4) is 0 Å². The fraction of sp³-hybridized carbons (Fsp3) is 0.909. The van der Waals surface area contributed by atoms with Gasteiger partial charge in [-0.25, -0.2) is 0 Å². The Morgan fingerprint density at radius 2 is 1.87 bits per heavy atom. The summed E-state index contributed by atoms with van der Waals surface area (Å²) >= 11 is 0. The van der Waals surface area contributed by atoms with Gasteiger partial charge >= 0.3 is 5.97 Å². The largest absolute Gasteiger partial charge is 0.480 e. The number of carbonyl (C=O) groups is 1. The quantitative estimate of drug-likeness (QED) is 0.642. The van der Waals surface area contributed by atoms with Crippen molar-refractivity contribution in [2.24, 2.45) is 17.1 Å². The van der Waals surface area contributed by atoms with E-state index in [0.717, 1.165) is 0 Å². The van der Waals surface area contributed by atoms with E-state index in [1.54, 1.807) is 0 Å². The Hall–Kier alpha value is -0.610. The van der Waals surface area contributed by atoms with Crippen molar-refractivity contribution < 1.29 is 9.90 Å². The molecule has 4 nitrogen and oxygen atoms in total. The molecule has 0 spiro atoms. The highest BCUT2D eigenvalue weighted by Gasteiger charge is 2.50. The van der Waals surface area contributed by atoms with Crippen LogP contribution in [0.5, 0.6) is 0 Å². The first-order valence-corrected chi connectivity index (χ1v) is 5.38. The van der Waals surface area contributed by atoms with Crippen molar-refractivity contribution in [1.82, 2.24) is 5.32 Å². The summed E-state index contributed by atoms with van der Waals surface area (Å²) in [5, 5.41) is 12.6. The Labute approximate surface area is 92.2 Å². The first-order chi connectivity index (χ1) is 6.70. The molecule has 0 aliphatic heterocycles. The predicted octanol–water partition coefficient (Wildman–Crippen LogP) is 1.06. The van der Waals surface area contributed by atoms with E-state index < -0.39 is 11.5 Å². The highest BCUT2D eigenvalue weighted by molar-refractivity contribution is 5.80. The van der Waals surface area contributed by atoms with Crippen molar-refractivity contribution in [1.29, 1.82) is 0 Å². The molecule has 90 valence electrons. The van der Waals surface area contributed by atoms with Crippen molar-refractivity contribution in [2.45, 2.75) is 40.2 Å². The van der Waals surface area contributed by atoms with Crippen LogP contribution in [0, 0.1) is 11.3 Å². The topological polar surface area (TPSA) is 75.3 Å². The van der Waals surface area contributed by atoms with Gasteiger partial charge in [0.25, 0.3) is 0 Å². The number of hydrogen-bond donors (Lipinski definition) is 3. The molecule has 0 aromatic carbocycles. The lowest BCUT2D eigenvalue weighted by Crippen LogP contribution is -2.64. The molecule has 0 amide bonds. The minimum Gasteiger partial charge on any atom is -0.480 e. The highest BCUT2D eigenvalue weighted by Crippen LogP contribution is 2.36. The van der Waals surface area contributed by atoms with Crippen molar-refractivity contribution in [2.75, 3.05) is 13.1 Å². The number of carboxylic acid groups (broad SMARTS) is 1. The zero-order valence-electron chi connectivity index (χ0n) is 10.4. The van der Waals surface area contributed by atoms with Crippen LogP contribution in [0.4, 0.5) is 0 Å². The van der Waals surface area contributed by atoms with Crippen LogP contribution in [-0.2, 0) is 4.79 Å². The monoisotopic (exact) mass is 216 g/mol. The van der Waals surface area contributed by atoms with Gasteiger partial charge in [0, 0.05) is 13.1 Å². The number of rotatable bonds is 5. The Bertz CT molecular complexity index is 221. The number of nitrogens with two attached hydrogens (primary N) is 1. The summed E-state index contributed by atoms with van der Waals surface area (Å²) in [7, 11) is 0. The molecule has 0 saturated carbocycles. The van der Waals surface area contributed by atoms with Crippen LogP contribution >= 0.6 is 0 Å². The van der Waals surface area contributed by atoms with Crippen molar-refractivity contribution in [3.05, 3.63) is 0 Å². The van der Waals surface area contributed by atoms with Gasteiger partial charge in [0.2, 0.25) is 0 Å². The molecule has 4 heteroatoms. The van der Waals surface area contributed by atoms with E-state index >= 15 is 0 Å². The van der Waals surface area contributed by atoms with Crippen LogP contribution in [0.2, 0.25) is 0 Å². The molecular formula is C11H24N2O2. The fourth-order valence-corrected chi connectivity index (χ4v) is 2.25. The Balaban J connectivity index is 5.19. The third-order valence-corrected chi connectivity index (χ3v) is 2.93. The zero-order valence-corrected chi connectivity index (χ0v) is 10.4. The average Bonchev–Trinajstić information content (AvgIpc) is 2.01. The second-order valence-electron chi connectivity index (χ2n) is 5.23. The third-order valence-electron chi connectivity index (χ3n) is 2.93. The number of aliphatic carboxylic acids is 1. The summed E-state index contributed by atoms with van der Waals surface area (Å²) in [6.45, 7) is 10.6. The summed E-state index contributed by atoms with van der Waals surface area (Å²) in [6.07, 6.45) is 0. The van der Waals surface area contributed by atoms with E-state index in [1.807, 2.05) is 34.6 Å². The first-order valence-electron chi connectivity index (χ1n) is 5.38. The molecule has 0 bridgehead atoms. The molecule has 1 unspecified atom stereocenters. The predicted molar refractivity (Wildman–Crippen MR) is 61.7 cm³/mol. The van der Waals surface area contributed by atoms with Crippen LogP contribution < -0.4 is 11.1 Å². The van der Waals surface area contributed by atoms with Crippen LogP contribution in [0.15, 0.2) is 0 Å². The molecule has 1 atom stereocenters. The molecule has 0 aromatic heterocycles. The SMILES string of the molecule is CC(C)C(NCCN)(C(=O)O)C(C)(C)C. The minimum absolute atomic E-state index is 0.00144. The summed E-state index contributed by atoms with van der Waals surface area (Å²) < 4.78 is 0. The number of hydrogen-bond acceptors (Lipinski definition) is 3. The molecule has 4 N–H and O–H groups in total. The lowest BCUT2D eigenvalue weighted by molar-refractivity contribution is -0.153. The number of carboxylic acids is 1. The fourth-order valence-electron chi connectivity index (χ4n) is 2.25. The standard InChI is InChI=1S/C11H24N2O2/c1-8(2)11(9(14)15,10(3,4)5)13-7-6-12/h8,13H,6-7,12H2,1-5H3,(H,14,15). The van der Waals surface area contributed by atoms with Crippen molar-refractivity contribution in [3.63, 3.8) is 0 Å². The van der Waals surface area contributed by atoms with E-state index in [1.165, 1.54) is 0 Å². The van der Waals surface area contributed by atoms with E-state index in [4.69, 9.17) is 5.73 Å². The summed E-state index contributed by atoms with van der Waals surface area (Å²) in [5.41, 5.74) is 4.14. The van der Waals surface area contributed by atoms with Crippen molar-refractivity contribution in [3.8, 4) is 0 Å². The van der Waals surface area contributed by atoms with Crippen LogP contribution in [0.25, 0.3) is 0 Å². The van der Waals surface area contributed by atoms with Gasteiger partial charge in [0.1, 0.15) is 5.54 Å². The van der Waals surface area contributed by atoms with Gasteiger partial charge in [-0.2, -0.15) is 0 Å². The van der Waals surface area contributed by atoms with Gasteiger partial charge in [-0.15, -0.1) is 0 Å². The van der Waals surface area contributed by atoms with Gasteiger partial charge in [0.15, 0.2) is 0 Å². The Kier molecular flexibility index (Phi) is 4.74. The molecule has 15 heavy (non-hydrogen) atoms. The first kappa shape index (κ1) is 14.4. The van der Waals surface area contributed by atoms with Crippen LogP contribution in [-0.4, -0.2) is 29.7 Å². The molecular weight excluding hydrogens is 192 g/mol. The van der Waals surface area contributed by atoms with Crippen LogP contribution in [0.1, 0.15) is 34.6 Å². The Morgan fingerprint density at radius 3 is 2.07 bits per heavy atom. The third kappa shape index (κ3) is 2.69. The average molecular weight is 216 g/mol. The molecule has 0 saturated heterocycles. The van der Waals surface area contributed by atoms with Gasteiger partial charge in [-0.05, 0) is 11.3 Å². The van der Waals surface area contributed by atoms with E-state index in [9.17, 15) is 9.90 Å². The maximum Gasteiger partial charge on any atom is 0.324 e. The zero-order chi connectivity index (χ0) is 12.3. The highest BCUT2D eigenvalue weighted by atomic mass is 16.4. The second-order valence-corrected chi connectivity index (χ2v) is 5.23. The van der Waals surface area contributed by atoms with E-state index in [-0.39, 0.29) is 11.3 Å². The second kappa shape index (κ2) is 4.94. The maximum atomic E-state index is 11.5. The van der Waals surface area contributed by atoms with E-state index in [0.29, 0.717) is 13.1 Å². The summed E-state index contributed by atoms with van der Waals surface area (Å²) in [5.74, 6) is -0.806. The Morgan fingerprint density at radius 1 is 1.40 bits per heavy atom. The van der Waals surface area contributed by atoms with E-state index in [2.05, 4.69) is 5.32 Å². The van der Waals surface area contributed by atoms with Gasteiger partial charge in [-0.3, -0.25) is 10.1 Å². The van der Waals surface area contributed by atoms with Gasteiger partial charge in [0.05, 0.1) is 0 Å². The molecule has 0 fully saturated rings. The molecule has 0 radical (unpaired) electrons. The molecule has 0 aliphatic carbocycles. The smallest absolute Gasteiger partial charge is 0.324 e. The normalized spacial score (nSPS) is 16.5. The van der Waals surface area contributed by atoms with Gasteiger partial charge in [-0.1, -0.05) is 34.6 Å². The van der Waals surface area contributed by atoms with Crippen molar-refractivity contribution >= 4 is 5.97 Å². The summed E-state index contributed by atoms with van der Waals surface area (Å²) in [4.78, 5) is 11.5. The molecule has 0 rings (SSSR count). The lowest BCUT2D eigenvalue weighted by Gasteiger charge is -2.45. The van der Waals surface area contributed by atoms with Gasteiger partial charge < -0.3 is 10.8 Å². The number of nitrogens with one attached hydrogen (secondary N) is 1. The maximum absolute atomic E-state index is 11.5. The molecule has 0 aliphatic rings. The molecule has 0 heterocycles. The lowest BCUT2D eigenvalue weighted by atomic mass is 9.67.